The number of rotatable bonds is 4. The van der Waals surface area contributed by atoms with Crippen LogP contribution in [0.2, 0.25) is 0 Å². The molecule has 5 rings (SSSR count). The molecule has 0 amide bonds. The summed E-state index contributed by atoms with van der Waals surface area (Å²) in [5, 5.41) is 8.62. The zero-order valence-corrected chi connectivity index (χ0v) is 16.7. The highest BCUT2D eigenvalue weighted by Crippen LogP contribution is 2.26. The first-order valence-corrected chi connectivity index (χ1v) is 10.7. The van der Waals surface area contributed by atoms with Gasteiger partial charge in [0, 0.05) is 26.2 Å². The average molecular weight is 386 g/mol. The minimum atomic E-state index is 0.751. The van der Waals surface area contributed by atoms with Gasteiger partial charge in [0.15, 0.2) is 5.82 Å². The summed E-state index contributed by atoms with van der Waals surface area (Å²) in [6, 6.07) is 19.5. The average Bonchev–Trinajstić information content (AvgIpc) is 2.80. The van der Waals surface area contributed by atoms with E-state index in [-0.39, 0.29) is 0 Å². The maximum Gasteiger partial charge on any atom is 0.247 e. The molecule has 29 heavy (non-hydrogen) atoms. The molecule has 0 spiro atoms. The fourth-order valence-corrected chi connectivity index (χ4v) is 4.55. The van der Waals surface area contributed by atoms with Gasteiger partial charge in [-0.2, -0.15) is 10.1 Å². The molecule has 2 aliphatic heterocycles. The minimum Gasteiger partial charge on any atom is -0.355 e. The number of benzene rings is 2. The van der Waals surface area contributed by atoms with Crippen molar-refractivity contribution in [3.63, 3.8) is 0 Å². The van der Waals surface area contributed by atoms with Gasteiger partial charge in [-0.3, -0.25) is 0 Å². The second-order valence-electron chi connectivity index (χ2n) is 8.17. The van der Waals surface area contributed by atoms with Crippen molar-refractivity contribution < 1.29 is 0 Å². The van der Waals surface area contributed by atoms with Crippen molar-refractivity contribution in [1.82, 2.24) is 15.2 Å². The van der Waals surface area contributed by atoms with Crippen LogP contribution < -0.4 is 9.80 Å². The highest BCUT2D eigenvalue weighted by atomic mass is 15.3. The third-order valence-electron chi connectivity index (χ3n) is 6.25. The van der Waals surface area contributed by atoms with Crippen molar-refractivity contribution in [2.75, 3.05) is 29.4 Å². The van der Waals surface area contributed by atoms with Crippen molar-refractivity contribution in [2.24, 2.45) is 5.92 Å². The molecule has 1 aromatic heterocycles. The van der Waals surface area contributed by atoms with Crippen LogP contribution in [0, 0.1) is 5.92 Å². The van der Waals surface area contributed by atoms with Crippen LogP contribution in [0.3, 0.4) is 0 Å². The molecule has 148 valence electrons. The lowest BCUT2D eigenvalue weighted by Gasteiger charge is -2.33. The molecule has 0 radical (unpaired) electrons. The summed E-state index contributed by atoms with van der Waals surface area (Å²) >= 11 is 0. The number of fused-ring (bicyclic) bond motifs is 1. The smallest absolute Gasteiger partial charge is 0.247 e. The van der Waals surface area contributed by atoms with E-state index in [9.17, 15) is 0 Å². The number of aromatic nitrogens is 3. The molecule has 5 heteroatoms. The fourth-order valence-electron chi connectivity index (χ4n) is 4.55. The summed E-state index contributed by atoms with van der Waals surface area (Å²) in [6.07, 6.45) is 6.43. The van der Waals surface area contributed by atoms with E-state index in [2.05, 4.69) is 74.6 Å². The fraction of sp³-hybridized carbons (Fsp3) is 0.375. The molecule has 1 fully saturated rings. The van der Waals surface area contributed by atoms with Crippen LogP contribution in [0.25, 0.3) is 0 Å². The van der Waals surface area contributed by atoms with Gasteiger partial charge >= 0.3 is 0 Å². The molecule has 0 aliphatic carbocycles. The van der Waals surface area contributed by atoms with Gasteiger partial charge in [-0.05, 0) is 48.3 Å². The lowest BCUT2D eigenvalue weighted by molar-refractivity contribution is 0.402. The zero-order chi connectivity index (χ0) is 19.5. The van der Waals surface area contributed by atoms with Crippen LogP contribution in [-0.4, -0.2) is 34.8 Å². The summed E-state index contributed by atoms with van der Waals surface area (Å²) in [4.78, 5) is 9.50. The molecular formula is C24H27N5. The predicted molar refractivity (Wildman–Crippen MR) is 116 cm³/mol. The number of anilines is 2. The Morgan fingerprint density at radius 2 is 1.59 bits per heavy atom. The first kappa shape index (κ1) is 18.1. The van der Waals surface area contributed by atoms with Crippen molar-refractivity contribution in [1.29, 1.82) is 0 Å². The Balaban J connectivity index is 1.23. The van der Waals surface area contributed by atoms with Crippen LogP contribution in [0.15, 0.2) is 60.8 Å². The molecule has 0 atom stereocenters. The Morgan fingerprint density at radius 3 is 2.41 bits per heavy atom. The van der Waals surface area contributed by atoms with Crippen LogP contribution in [0.4, 0.5) is 11.8 Å². The van der Waals surface area contributed by atoms with E-state index in [1.165, 1.54) is 36.0 Å². The first-order chi connectivity index (χ1) is 14.3. The monoisotopic (exact) mass is 385 g/mol. The SMILES string of the molecule is c1ccc(CC2CCN(c3cnnc(N4CCc5ccccc5C4)n3)CC2)cc1. The molecule has 3 aromatic rings. The van der Waals surface area contributed by atoms with Gasteiger partial charge in [0.2, 0.25) is 5.95 Å². The Labute approximate surface area is 172 Å². The van der Waals surface area contributed by atoms with Gasteiger partial charge in [0.05, 0.1) is 6.20 Å². The number of hydrogen-bond acceptors (Lipinski definition) is 5. The van der Waals surface area contributed by atoms with E-state index >= 15 is 0 Å². The molecule has 0 saturated carbocycles. The van der Waals surface area contributed by atoms with Gasteiger partial charge < -0.3 is 9.80 Å². The van der Waals surface area contributed by atoms with Crippen molar-refractivity contribution in [3.8, 4) is 0 Å². The number of piperidine rings is 1. The van der Waals surface area contributed by atoms with E-state index in [4.69, 9.17) is 4.98 Å². The Morgan fingerprint density at radius 1 is 0.828 bits per heavy atom. The second kappa shape index (κ2) is 8.19. The quantitative estimate of drug-likeness (QED) is 0.682. The molecule has 1 saturated heterocycles. The number of nitrogens with zero attached hydrogens (tertiary/aromatic N) is 5. The Hall–Kier alpha value is -2.95. The topological polar surface area (TPSA) is 45.2 Å². The normalized spacial score (nSPS) is 17.2. The lowest BCUT2D eigenvalue weighted by atomic mass is 9.90. The molecule has 0 unspecified atom stereocenters. The van der Waals surface area contributed by atoms with Crippen LogP contribution in [-0.2, 0) is 19.4 Å². The minimum absolute atomic E-state index is 0.751. The third-order valence-corrected chi connectivity index (χ3v) is 6.25. The highest BCUT2D eigenvalue weighted by molar-refractivity contribution is 5.44. The predicted octanol–water partition coefficient (Wildman–Crippen LogP) is 3.89. The summed E-state index contributed by atoms with van der Waals surface area (Å²) in [6.45, 7) is 3.89. The van der Waals surface area contributed by atoms with Crippen molar-refractivity contribution in [2.45, 2.75) is 32.2 Å². The lowest BCUT2D eigenvalue weighted by Crippen LogP contribution is -2.36. The van der Waals surface area contributed by atoms with E-state index in [1.54, 1.807) is 0 Å². The van der Waals surface area contributed by atoms with Gasteiger partial charge in [0.1, 0.15) is 0 Å². The molecule has 0 bridgehead atoms. The maximum absolute atomic E-state index is 4.88. The largest absolute Gasteiger partial charge is 0.355 e. The van der Waals surface area contributed by atoms with Gasteiger partial charge in [-0.25, -0.2) is 0 Å². The van der Waals surface area contributed by atoms with E-state index in [0.717, 1.165) is 50.3 Å². The molecule has 0 N–H and O–H groups in total. The van der Waals surface area contributed by atoms with Crippen molar-refractivity contribution >= 4 is 11.8 Å². The van der Waals surface area contributed by atoms with Crippen molar-refractivity contribution in [3.05, 3.63) is 77.5 Å². The van der Waals surface area contributed by atoms with Crippen LogP contribution in [0.5, 0.6) is 0 Å². The summed E-state index contributed by atoms with van der Waals surface area (Å²) in [7, 11) is 0. The standard InChI is InChI=1S/C24H27N5/c1-2-6-19(7-3-1)16-20-10-13-28(14-11-20)23-17-25-27-24(26-23)29-15-12-21-8-4-5-9-22(21)18-29/h1-9,17,20H,10-16,18H2. The number of hydrogen-bond donors (Lipinski definition) is 0. The second-order valence-corrected chi connectivity index (χ2v) is 8.17. The van der Waals surface area contributed by atoms with E-state index in [0.29, 0.717) is 0 Å². The third kappa shape index (κ3) is 4.09. The van der Waals surface area contributed by atoms with Crippen LogP contribution in [0.1, 0.15) is 29.5 Å². The van der Waals surface area contributed by atoms with E-state index < -0.39 is 0 Å². The molecule has 2 aliphatic rings. The molecular weight excluding hydrogens is 358 g/mol. The Bertz CT molecular complexity index is 950. The molecule has 2 aromatic carbocycles. The molecule has 5 nitrogen and oxygen atoms in total. The van der Waals surface area contributed by atoms with Crippen LogP contribution >= 0.6 is 0 Å². The Kier molecular flexibility index (Phi) is 5.11. The summed E-state index contributed by atoms with van der Waals surface area (Å²) < 4.78 is 0. The van der Waals surface area contributed by atoms with E-state index in [1.807, 2.05) is 6.20 Å². The zero-order valence-electron chi connectivity index (χ0n) is 16.7. The van der Waals surface area contributed by atoms with Gasteiger partial charge in [-0.15, -0.1) is 5.10 Å². The maximum atomic E-state index is 4.88. The summed E-state index contributed by atoms with van der Waals surface area (Å²) in [5.41, 5.74) is 4.25. The van der Waals surface area contributed by atoms with Gasteiger partial charge in [-0.1, -0.05) is 54.6 Å². The molecule has 3 heterocycles. The van der Waals surface area contributed by atoms with Gasteiger partial charge in [0.25, 0.3) is 0 Å². The highest BCUT2D eigenvalue weighted by Gasteiger charge is 2.23. The summed E-state index contributed by atoms with van der Waals surface area (Å²) in [5.74, 6) is 2.47. The first-order valence-electron chi connectivity index (χ1n) is 10.7.